The molecule has 1 fully saturated rings. The number of aliphatic carboxylic acids is 1. The first-order chi connectivity index (χ1) is 8.40. The van der Waals surface area contributed by atoms with E-state index >= 15 is 0 Å². The van der Waals surface area contributed by atoms with Gasteiger partial charge < -0.3 is 9.84 Å². The van der Waals surface area contributed by atoms with Crippen molar-refractivity contribution >= 4 is 11.9 Å². The van der Waals surface area contributed by atoms with E-state index in [4.69, 9.17) is 9.84 Å². The highest BCUT2D eigenvalue weighted by molar-refractivity contribution is 5.90. The standard InChI is InChI=1S/C14H22O4/c1-9(2)11-5-4-10(3)8-12(11)18-14(17)7-6-13(15)16/h6-7,9-12H,4-5,8H2,1-3H3,(H,15,16)/b7-6-. The molecule has 4 heteroatoms. The quantitative estimate of drug-likeness (QED) is 0.618. The summed E-state index contributed by atoms with van der Waals surface area (Å²) in [4.78, 5) is 21.8. The lowest BCUT2D eigenvalue weighted by Crippen LogP contribution is -2.35. The zero-order chi connectivity index (χ0) is 13.7. The van der Waals surface area contributed by atoms with Gasteiger partial charge in [-0.25, -0.2) is 9.59 Å². The Morgan fingerprint density at radius 1 is 1.28 bits per heavy atom. The van der Waals surface area contributed by atoms with Gasteiger partial charge >= 0.3 is 11.9 Å². The van der Waals surface area contributed by atoms with Crippen molar-refractivity contribution < 1.29 is 19.4 Å². The predicted octanol–water partition coefficient (Wildman–Crippen LogP) is 2.63. The SMILES string of the molecule is CC1CCC(C(C)C)C(OC(=O)/C=C\C(=O)O)C1. The molecule has 0 saturated heterocycles. The molecule has 0 aromatic carbocycles. The van der Waals surface area contributed by atoms with Crippen molar-refractivity contribution in [2.75, 3.05) is 0 Å². The summed E-state index contributed by atoms with van der Waals surface area (Å²) in [6.07, 6.45) is 4.83. The van der Waals surface area contributed by atoms with Crippen molar-refractivity contribution in [3.05, 3.63) is 12.2 Å². The van der Waals surface area contributed by atoms with Gasteiger partial charge in [0.2, 0.25) is 0 Å². The molecule has 0 radical (unpaired) electrons. The molecular formula is C14H22O4. The van der Waals surface area contributed by atoms with Crippen molar-refractivity contribution in [3.63, 3.8) is 0 Å². The molecule has 3 unspecified atom stereocenters. The summed E-state index contributed by atoms with van der Waals surface area (Å²) >= 11 is 0. The van der Waals surface area contributed by atoms with E-state index < -0.39 is 11.9 Å². The smallest absolute Gasteiger partial charge is 0.331 e. The summed E-state index contributed by atoms with van der Waals surface area (Å²) < 4.78 is 5.40. The highest BCUT2D eigenvalue weighted by atomic mass is 16.5. The minimum Gasteiger partial charge on any atom is -0.478 e. The normalized spacial score (nSPS) is 28.6. The maximum Gasteiger partial charge on any atom is 0.331 e. The predicted molar refractivity (Wildman–Crippen MR) is 68.0 cm³/mol. The highest BCUT2D eigenvalue weighted by Gasteiger charge is 2.32. The van der Waals surface area contributed by atoms with Crippen LogP contribution in [0, 0.1) is 17.8 Å². The molecule has 0 aromatic heterocycles. The van der Waals surface area contributed by atoms with Crippen LogP contribution in [0.15, 0.2) is 12.2 Å². The number of hydrogen-bond acceptors (Lipinski definition) is 3. The maximum absolute atomic E-state index is 11.5. The third kappa shape index (κ3) is 4.51. The Hall–Kier alpha value is -1.32. The molecular weight excluding hydrogens is 232 g/mol. The van der Waals surface area contributed by atoms with Crippen LogP contribution in [-0.4, -0.2) is 23.1 Å². The Labute approximate surface area is 108 Å². The summed E-state index contributed by atoms with van der Waals surface area (Å²) in [6, 6.07) is 0. The number of carboxylic acid groups (broad SMARTS) is 1. The molecule has 0 aliphatic heterocycles. The Kier molecular flexibility index (Phi) is 5.38. The Morgan fingerprint density at radius 2 is 1.94 bits per heavy atom. The van der Waals surface area contributed by atoms with Gasteiger partial charge in [0.05, 0.1) is 0 Å². The monoisotopic (exact) mass is 254 g/mol. The van der Waals surface area contributed by atoms with E-state index in [1.165, 1.54) is 6.42 Å². The molecule has 18 heavy (non-hydrogen) atoms. The van der Waals surface area contributed by atoms with Crippen LogP contribution >= 0.6 is 0 Å². The van der Waals surface area contributed by atoms with E-state index in [2.05, 4.69) is 20.8 Å². The molecule has 1 rings (SSSR count). The minimum atomic E-state index is -1.13. The molecule has 0 aromatic rings. The number of carboxylic acids is 1. The summed E-state index contributed by atoms with van der Waals surface area (Å²) in [6.45, 7) is 6.42. The van der Waals surface area contributed by atoms with Crippen LogP contribution in [0.2, 0.25) is 0 Å². The molecule has 0 amide bonds. The molecule has 1 N–H and O–H groups in total. The van der Waals surface area contributed by atoms with Crippen LogP contribution in [0.5, 0.6) is 0 Å². The largest absolute Gasteiger partial charge is 0.478 e. The summed E-state index contributed by atoms with van der Waals surface area (Å²) in [5.41, 5.74) is 0. The van der Waals surface area contributed by atoms with E-state index in [9.17, 15) is 9.59 Å². The van der Waals surface area contributed by atoms with Gasteiger partial charge in [-0.05, 0) is 30.6 Å². The molecule has 102 valence electrons. The van der Waals surface area contributed by atoms with Crippen LogP contribution in [0.3, 0.4) is 0 Å². The lowest BCUT2D eigenvalue weighted by molar-refractivity contribution is -0.150. The first-order valence-electron chi connectivity index (χ1n) is 6.51. The highest BCUT2D eigenvalue weighted by Crippen LogP contribution is 2.35. The maximum atomic E-state index is 11.5. The van der Waals surface area contributed by atoms with Gasteiger partial charge in [-0.1, -0.05) is 27.2 Å². The molecule has 1 saturated carbocycles. The van der Waals surface area contributed by atoms with E-state index in [0.29, 0.717) is 17.8 Å². The van der Waals surface area contributed by atoms with E-state index in [0.717, 1.165) is 25.0 Å². The number of carbonyl (C=O) groups is 2. The lowest BCUT2D eigenvalue weighted by Gasteiger charge is -2.36. The average Bonchev–Trinajstić information content (AvgIpc) is 2.26. The first kappa shape index (κ1) is 14.7. The van der Waals surface area contributed by atoms with Crippen molar-refractivity contribution in [3.8, 4) is 0 Å². The van der Waals surface area contributed by atoms with Crippen molar-refractivity contribution in [2.24, 2.45) is 17.8 Å². The van der Waals surface area contributed by atoms with Crippen LogP contribution in [0.4, 0.5) is 0 Å². The van der Waals surface area contributed by atoms with Crippen LogP contribution < -0.4 is 0 Å². The Balaban J connectivity index is 2.60. The van der Waals surface area contributed by atoms with Gasteiger partial charge in [0, 0.05) is 12.2 Å². The Morgan fingerprint density at radius 3 is 2.50 bits per heavy atom. The van der Waals surface area contributed by atoms with E-state index in [1.807, 2.05) is 0 Å². The summed E-state index contributed by atoms with van der Waals surface area (Å²) in [7, 11) is 0. The first-order valence-corrected chi connectivity index (χ1v) is 6.51. The van der Waals surface area contributed by atoms with Crippen molar-refractivity contribution in [2.45, 2.75) is 46.1 Å². The second kappa shape index (κ2) is 6.57. The number of carbonyl (C=O) groups excluding carboxylic acids is 1. The molecule has 4 nitrogen and oxygen atoms in total. The molecule has 0 spiro atoms. The second-order valence-electron chi connectivity index (χ2n) is 5.47. The summed E-state index contributed by atoms with van der Waals surface area (Å²) in [5, 5.41) is 8.46. The fourth-order valence-electron chi connectivity index (χ4n) is 2.58. The van der Waals surface area contributed by atoms with Gasteiger partial charge in [-0.2, -0.15) is 0 Å². The minimum absolute atomic E-state index is 0.0836. The number of ether oxygens (including phenoxy) is 1. The lowest BCUT2D eigenvalue weighted by atomic mass is 9.75. The molecule has 0 bridgehead atoms. The molecule has 3 atom stereocenters. The van der Waals surface area contributed by atoms with Gasteiger partial charge in [0.25, 0.3) is 0 Å². The van der Waals surface area contributed by atoms with E-state index in [1.54, 1.807) is 0 Å². The van der Waals surface area contributed by atoms with Crippen molar-refractivity contribution in [1.82, 2.24) is 0 Å². The number of esters is 1. The molecule has 0 heterocycles. The van der Waals surface area contributed by atoms with E-state index in [-0.39, 0.29) is 6.10 Å². The number of rotatable bonds is 4. The van der Waals surface area contributed by atoms with Crippen LogP contribution in [-0.2, 0) is 14.3 Å². The fraction of sp³-hybridized carbons (Fsp3) is 0.714. The van der Waals surface area contributed by atoms with Gasteiger partial charge in [0.1, 0.15) is 6.10 Å². The average molecular weight is 254 g/mol. The van der Waals surface area contributed by atoms with Gasteiger partial charge in [-0.3, -0.25) is 0 Å². The second-order valence-corrected chi connectivity index (χ2v) is 5.47. The zero-order valence-corrected chi connectivity index (χ0v) is 11.3. The third-order valence-electron chi connectivity index (χ3n) is 3.59. The molecule has 1 aliphatic carbocycles. The molecule has 1 aliphatic rings. The Bertz CT molecular complexity index is 333. The van der Waals surface area contributed by atoms with Crippen LogP contribution in [0.25, 0.3) is 0 Å². The zero-order valence-electron chi connectivity index (χ0n) is 11.3. The summed E-state index contributed by atoms with van der Waals surface area (Å²) in [5.74, 6) is -0.282. The topological polar surface area (TPSA) is 63.6 Å². The van der Waals surface area contributed by atoms with Crippen LogP contribution in [0.1, 0.15) is 40.0 Å². The third-order valence-corrected chi connectivity index (χ3v) is 3.59. The van der Waals surface area contributed by atoms with Crippen molar-refractivity contribution in [1.29, 1.82) is 0 Å². The van der Waals surface area contributed by atoms with Gasteiger partial charge in [-0.15, -0.1) is 0 Å². The van der Waals surface area contributed by atoms with Gasteiger partial charge in [0.15, 0.2) is 0 Å². The number of hydrogen-bond donors (Lipinski definition) is 1. The fourth-order valence-corrected chi connectivity index (χ4v) is 2.58.